The van der Waals surface area contributed by atoms with E-state index in [1.807, 2.05) is 13.8 Å². The summed E-state index contributed by atoms with van der Waals surface area (Å²) in [6.07, 6.45) is 2.35. The zero-order valence-corrected chi connectivity index (χ0v) is 13.8. The van der Waals surface area contributed by atoms with Crippen molar-refractivity contribution in [2.45, 2.75) is 32.7 Å². The smallest absolute Gasteiger partial charge is 0.268 e. The Morgan fingerprint density at radius 2 is 2.19 bits per heavy atom. The van der Waals surface area contributed by atoms with Crippen LogP contribution in [-0.2, 0) is 4.74 Å². The number of amides is 1. The third-order valence-corrected chi connectivity index (χ3v) is 4.87. The van der Waals surface area contributed by atoms with E-state index >= 15 is 0 Å². The first kappa shape index (κ1) is 16.0. The van der Waals surface area contributed by atoms with E-state index in [-0.39, 0.29) is 11.9 Å². The minimum absolute atomic E-state index is 0.0178. The molecule has 0 spiro atoms. The summed E-state index contributed by atoms with van der Waals surface area (Å²) in [5.41, 5.74) is 5.97. The van der Waals surface area contributed by atoms with Crippen LogP contribution in [0.2, 0.25) is 0 Å². The third kappa shape index (κ3) is 3.47. The summed E-state index contributed by atoms with van der Waals surface area (Å²) in [6.45, 7) is 7.07. The molecule has 2 rings (SSSR count). The first-order valence-corrected chi connectivity index (χ1v) is 8.21. The van der Waals surface area contributed by atoms with Crippen LogP contribution < -0.4 is 10.6 Å². The number of hydrogen-bond acceptors (Lipinski definition) is 6. The number of nitrogens with two attached hydrogens (primary N) is 1. The SMILES string of the molecule is CCN(C(=O)c1sc(N2CCCC2)nc1N)C(C)COC. The molecule has 1 aromatic rings. The van der Waals surface area contributed by atoms with E-state index in [1.165, 1.54) is 24.2 Å². The number of rotatable bonds is 6. The van der Waals surface area contributed by atoms with Crippen molar-refractivity contribution in [3.05, 3.63) is 4.88 Å². The van der Waals surface area contributed by atoms with Crippen LogP contribution in [0.4, 0.5) is 10.9 Å². The highest BCUT2D eigenvalue weighted by Gasteiger charge is 2.26. The molecule has 1 amide bonds. The Morgan fingerprint density at radius 3 is 2.76 bits per heavy atom. The maximum Gasteiger partial charge on any atom is 0.268 e. The summed E-state index contributed by atoms with van der Waals surface area (Å²) < 4.78 is 5.14. The number of likely N-dealkylation sites (N-methyl/N-ethyl adjacent to an activating group) is 1. The molecule has 7 heteroatoms. The fourth-order valence-corrected chi connectivity index (χ4v) is 3.63. The van der Waals surface area contributed by atoms with Gasteiger partial charge in [0.1, 0.15) is 10.7 Å². The molecule has 0 radical (unpaired) electrons. The number of anilines is 2. The van der Waals surface area contributed by atoms with Gasteiger partial charge in [-0.3, -0.25) is 4.79 Å². The molecule has 2 heterocycles. The van der Waals surface area contributed by atoms with Crippen molar-refractivity contribution in [3.8, 4) is 0 Å². The van der Waals surface area contributed by atoms with Crippen LogP contribution in [0.1, 0.15) is 36.4 Å². The summed E-state index contributed by atoms with van der Waals surface area (Å²) in [6, 6.07) is 0.0178. The van der Waals surface area contributed by atoms with Gasteiger partial charge in [-0.15, -0.1) is 0 Å². The van der Waals surface area contributed by atoms with Crippen LogP contribution in [0.15, 0.2) is 0 Å². The predicted octanol–water partition coefficient (Wildman–Crippen LogP) is 1.82. The summed E-state index contributed by atoms with van der Waals surface area (Å²) in [7, 11) is 1.64. The zero-order chi connectivity index (χ0) is 15.4. The van der Waals surface area contributed by atoms with Crippen molar-refractivity contribution in [2.24, 2.45) is 0 Å². The van der Waals surface area contributed by atoms with E-state index in [1.54, 1.807) is 12.0 Å². The Kier molecular flexibility index (Phi) is 5.41. The van der Waals surface area contributed by atoms with Crippen molar-refractivity contribution >= 4 is 28.2 Å². The molecule has 1 saturated heterocycles. The first-order valence-electron chi connectivity index (χ1n) is 7.39. The fraction of sp³-hybridized carbons (Fsp3) is 0.714. The van der Waals surface area contributed by atoms with Crippen LogP contribution in [0.25, 0.3) is 0 Å². The minimum Gasteiger partial charge on any atom is -0.383 e. The standard InChI is InChI=1S/C14H24N4O2S/c1-4-18(10(2)9-20-3)13(19)11-12(15)16-14(21-11)17-7-5-6-8-17/h10H,4-9,15H2,1-3H3. The average Bonchev–Trinajstić information content (AvgIpc) is 3.08. The van der Waals surface area contributed by atoms with Gasteiger partial charge in [0.15, 0.2) is 5.13 Å². The molecule has 118 valence electrons. The highest BCUT2D eigenvalue weighted by molar-refractivity contribution is 7.18. The average molecular weight is 312 g/mol. The maximum absolute atomic E-state index is 12.7. The molecule has 2 N–H and O–H groups in total. The van der Waals surface area contributed by atoms with Gasteiger partial charge in [-0.2, -0.15) is 0 Å². The molecular formula is C14H24N4O2S. The lowest BCUT2D eigenvalue weighted by molar-refractivity contribution is 0.0584. The number of thiazole rings is 1. The summed E-state index contributed by atoms with van der Waals surface area (Å²) in [5, 5.41) is 0.865. The Morgan fingerprint density at radius 1 is 1.52 bits per heavy atom. The lowest BCUT2D eigenvalue weighted by atomic mass is 10.2. The third-order valence-electron chi connectivity index (χ3n) is 3.75. The Hall–Kier alpha value is -1.34. The number of carbonyl (C=O) groups excluding carboxylic acids is 1. The van der Waals surface area contributed by atoms with Crippen molar-refractivity contribution in [3.63, 3.8) is 0 Å². The topological polar surface area (TPSA) is 71.7 Å². The molecule has 1 aliphatic rings. The van der Waals surface area contributed by atoms with Crippen LogP contribution in [0.5, 0.6) is 0 Å². The van der Waals surface area contributed by atoms with Gasteiger partial charge in [0.2, 0.25) is 0 Å². The van der Waals surface area contributed by atoms with E-state index < -0.39 is 0 Å². The Balaban J connectivity index is 2.17. The van der Waals surface area contributed by atoms with Crippen molar-refractivity contribution < 1.29 is 9.53 Å². The summed E-state index contributed by atoms with van der Waals surface area (Å²) in [4.78, 5) is 21.6. The van der Waals surface area contributed by atoms with Crippen LogP contribution in [-0.4, -0.2) is 55.2 Å². The second-order valence-corrected chi connectivity index (χ2v) is 6.28. The van der Waals surface area contributed by atoms with Crippen LogP contribution >= 0.6 is 11.3 Å². The molecule has 6 nitrogen and oxygen atoms in total. The van der Waals surface area contributed by atoms with E-state index in [4.69, 9.17) is 10.5 Å². The number of methoxy groups -OCH3 is 1. The quantitative estimate of drug-likeness (QED) is 0.867. The molecule has 1 fully saturated rings. The first-order chi connectivity index (χ1) is 10.1. The summed E-state index contributed by atoms with van der Waals surface area (Å²) >= 11 is 1.40. The van der Waals surface area contributed by atoms with Gasteiger partial charge in [0.05, 0.1) is 12.6 Å². The zero-order valence-electron chi connectivity index (χ0n) is 13.0. The molecule has 1 atom stereocenters. The number of ether oxygens (including phenoxy) is 1. The van der Waals surface area contributed by atoms with E-state index in [2.05, 4.69) is 9.88 Å². The number of nitrogen functional groups attached to an aromatic ring is 1. The highest BCUT2D eigenvalue weighted by atomic mass is 32.1. The number of carbonyl (C=O) groups is 1. The molecule has 0 saturated carbocycles. The van der Waals surface area contributed by atoms with Crippen molar-refractivity contribution in [1.82, 2.24) is 9.88 Å². The van der Waals surface area contributed by atoms with Gasteiger partial charge < -0.3 is 20.3 Å². The van der Waals surface area contributed by atoms with Gasteiger partial charge in [0.25, 0.3) is 5.91 Å². The van der Waals surface area contributed by atoms with E-state index in [0.29, 0.717) is 23.8 Å². The second-order valence-electron chi connectivity index (χ2n) is 5.30. The molecule has 0 aromatic carbocycles. The maximum atomic E-state index is 12.7. The largest absolute Gasteiger partial charge is 0.383 e. The molecule has 0 bridgehead atoms. The molecule has 0 aliphatic carbocycles. The molecule has 1 aliphatic heterocycles. The van der Waals surface area contributed by atoms with Crippen LogP contribution in [0.3, 0.4) is 0 Å². The number of hydrogen-bond donors (Lipinski definition) is 1. The van der Waals surface area contributed by atoms with Gasteiger partial charge in [-0.1, -0.05) is 11.3 Å². The monoisotopic (exact) mass is 312 g/mol. The molecule has 21 heavy (non-hydrogen) atoms. The molecule has 1 aromatic heterocycles. The van der Waals surface area contributed by atoms with E-state index in [9.17, 15) is 4.79 Å². The van der Waals surface area contributed by atoms with Gasteiger partial charge in [-0.25, -0.2) is 4.98 Å². The summed E-state index contributed by atoms with van der Waals surface area (Å²) in [5.74, 6) is 0.289. The van der Waals surface area contributed by atoms with Crippen molar-refractivity contribution in [2.75, 3.05) is 44.0 Å². The predicted molar refractivity (Wildman–Crippen MR) is 86.0 cm³/mol. The highest BCUT2D eigenvalue weighted by Crippen LogP contribution is 2.31. The van der Waals surface area contributed by atoms with Gasteiger partial charge in [-0.05, 0) is 26.7 Å². The number of nitrogens with zero attached hydrogens (tertiary/aromatic N) is 3. The van der Waals surface area contributed by atoms with Gasteiger partial charge >= 0.3 is 0 Å². The fourth-order valence-electron chi connectivity index (χ4n) is 2.63. The lowest BCUT2D eigenvalue weighted by Crippen LogP contribution is -2.40. The normalized spacial score (nSPS) is 16.2. The van der Waals surface area contributed by atoms with Crippen LogP contribution in [0, 0.1) is 0 Å². The minimum atomic E-state index is -0.0532. The van der Waals surface area contributed by atoms with Gasteiger partial charge in [0, 0.05) is 26.7 Å². The van der Waals surface area contributed by atoms with Crippen molar-refractivity contribution in [1.29, 1.82) is 0 Å². The Bertz CT molecular complexity index is 485. The number of aromatic nitrogens is 1. The Labute approximate surface area is 129 Å². The molecule has 1 unspecified atom stereocenters. The second kappa shape index (κ2) is 7.09. The molecular weight excluding hydrogens is 288 g/mol. The lowest BCUT2D eigenvalue weighted by Gasteiger charge is -2.27. The van der Waals surface area contributed by atoms with E-state index in [0.717, 1.165) is 18.2 Å².